The Bertz CT molecular complexity index is 1270. The minimum Gasteiger partial charge on any atom is -0.421 e. The maximum absolute atomic E-state index is 9.61. The highest BCUT2D eigenvalue weighted by atomic mass is 35.5. The number of nitrogens with two attached hydrogens (primary N) is 1. The number of anilines is 1. The first-order valence-corrected chi connectivity index (χ1v) is 10.9. The number of aliphatic hydroxyl groups is 1. The van der Waals surface area contributed by atoms with Crippen LogP contribution in [0.25, 0.3) is 21.9 Å². The lowest BCUT2D eigenvalue weighted by atomic mass is 9.94. The summed E-state index contributed by atoms with van der Waals surface area (Å²) in [4.78, 5) is 23.2. The molecule has 10 heteroatoms. The number of H-pyrrole nitrogens is 1. The zero-order chi connectivity index (χ0) is 22.4. The molecule has 32 heavy (non-hydrogen) atoms. The van der Waals surface area contributed by atoms with Crippen molar-refractivity contribution >= 4 is 39.4 Å². The first-order valence-electron chi connectivity index (χ1n) is 10.6. The highest BCUT2D eigenvalue weighted by molar-refractivity contribution is 6.32. The smallest absolute Gasteiger partial charge is 0.326 e. The van der Waals surface area contributed by atoms with Gasteiger partial charge in [0, 0.05) is 35.1 Å². The molecule has 0 bridgehead atoms. The second-order valence-electron chi connectivity index (χ2n) is 8.30. The maximum Gasteiger partial charge on any atom is 0.326 e. The van der Waals surface area contributed by atoms with Crippen molar-refractivity contribution in [3.05, 3.63) is 41.4 Å². The number of aromatic nitrogens is 5. The van der Waals surface area contributed by atoms with Crippen LogP contribution in [0.4, 0.5) is 5.82 Å². The Balaban J connectivity index is 1.61. The Kier molecular flexibility index (Phi) is 5.32. The highest BCUT2D eigenvalue weighted by Gasteiger charge is 2.27. The zero-order valence-corrected chi connectivity index (χ0v) is 18.5. The molecule has 4 aromatic rings. The molecule has 0 aliphatic carbocycles. The van der Waals surface area contributed by atoms with Crippen molar-refractivity contribution in [2.45, 2.75) is 32.4 Å². The molecular weight excluding hydrogens is 430 g/mol. The van der Waals surface area contributed by atoms with Gasteiger partial charge in [-0.2, -0.15) is 9.97 Å². The third-order valence-electron chi connectivity index (χ3n) is 5.88. The van der Waals surface area contributed by atoms with Gasteiger partial charge in [0.15, 0.2) is 11.6 Å². The van der Waals surface area contributed by atoms with Gasteiger partial charge in [0.05, 0.1) is 17.8 Å². The van der Waals surface area contributed by atoms with Crippen LogP contribution in [0.2, 0.25) is 5.02 Å². The van der Waals surface area contributed by atoms with Crippen LogP contribution in [0.1, 0.15) is 32.2 Å². The molecule has 1 aliphatic rings. The fourth-order valence-electron chi connectivity index (χ4n) is 4.06. The normalized spacial score (nSPS) is 20.1. The molecular formula is C22H24ClN7O2. The predicted molar refractivity (Wildman–Crippen MR) is 123 cm³/mol. The molecule has 0 saturated carbocycles. The van der Waals surface area contributed by atoms with Gasteiger partial charge in [-0.3, -0.25) is 0 Å². The van der Waals surface area contributed by atoms with Crippen LogP contribution in [0.15, 0.2) is 30.6 Å². The standard InChI is InChI=1S/C22H24ClN7O2/c1-11-10-30(6-5-16(11)24)21-18-15-7-13(23)3-4-17(15)27-20(18)28-22(29-21)32-14-8-25-19(12(2)31)26-9-14/h3-4,7-9,11-12,16,31H,5-6,10,24H2,1-2H3,(H,27,28,29)/t11-,12?,16?/m1/s1. The quantitative estimate of drug-likeness (QED) is 0.428. The van der Waals surface area contributed by atoms with Gasteiger partial charge in [-0.1, -0.05) is 18.5 Å². The van der Waals surface area contributed by atoms with E-state index in [0.29, 0.717) is 28.2 Å². The Labute approximate surface area is 189 Å². The lowest BCUT2D eigenvalue weighted by Gasteiger charge is -2.36. The summed E-state index contributed by atoms with van der Waals surface area (Å²) in [5.74, 6) is 1.81. The van der Waals surface area contributed by atoms with E-state index in [1.165, 1.54) is 12.4 Å². The molecule has 0 amide bonds. The topological polar surface area (TPSA) is 126 Å². The molecule has 1 saturated heterocycles. The van der Waals surface area contributed by atoms with Gasteiger partial charge in [0.2, 0.25) is 0 Å². The van der Waals surface area contributed by atoms with Crippen molar-refractivity contribution < 1.29 is 9.84 Å². The number of halogens is 1. The molecule has 5 rings (SSSR count). The monoisotopic (exact) mass is 453 g/mol. The molecule has 4 heterocycles. The number of ether oxygens (including phenoxy) is 1. The summed E-state index contributed by atoms with van der Waals surface area (Å²) in [6.07, 6.45) is 3.11. The Morgan fingerprint density at radius 1 is 1.28 bits per heavy atom. The number of aliphatic hydroxyl groups excluding tert-OH is 1. The van der Waals surface area contributed by atoms with Crippen LogP contribution in [-0.2, 0) is 0 Å². The number of benzene rings is 1. The van der Waals surface area contributed by atoms with E-state index in [1.807, 2.05) is 18.2 Å². The van der Waals surface area contributed by atoms with Crippen molar-refractivity contribution in [3.8, 4) is 11.8 Å². The lowest BCUT2D eigenvalue weighted by molar-refractivity contribution is 0.188. The molecule has 1 fully saturated rings. The van der Waals surface area contributed by atoms with Crippen molar-refractivity contribution in [2.75, 3.05) is 18.0 Å². The summed E-state index contributed by atoms with van der Waals surface area (Å²) in [5, 5.41) is 12.1. The fraction of sp³-hybridized carbons (Fsp3) is 0.364. The number of nitrogens with zero attached hydrogens (tertiary/aromatic N) is 5. The van der Waals surface area contributed by atoms with E-state index < -0.39 is 6.10 Å². The van der Waals surface area contributed by atoms with Crippen molar-refractivity contribution in [1.29, 1.82) is 0 Å². The molecule has 3 aromatic heterocycles. The lowest BCUT2D eigenvalue weighted by Crippen LogP contribution is -2.46. The first kappa shape index (κ1) is 20.9. The zero-order valence-electron chi connectivity index (χ0n) is 17.8. The molecule has 0 spiro atoms. The molecule has 9 nitrogen and oxygen atoms in total. The van der Waals surface area contributed by atoms with Gasteiger partial charge in [-0.05, 0) is 37.5 Å². The van der Waals surface area contributed by atoms with Crippen LogP contribution < -0.4 is 15.4 Å². The van der Waals surface area contributed by atoms with Gasteiger partial charge in [0.25, 0.3) is 0 Å². The van der Waals surface area contributed by atoms with E-state index in [0.717, 1.165) is 41.6 Å². The van der Waals surface area contributed by atoms with Gasteiger partial charge < -0.3 is 25.5 Å². The van der Waals surface area contributed by atoms with E-state index in [4.69, 9.17) is 27.1 Å². The average Bonchev–Trinajstić information content (AvgIpc) is 3.13. The van der Waals surface area contributed by atoms with E-state index in [9.17, 15) is 5.11 Å². The SMILES string of the molecule is CC(O)c1ncc(Oc2nc(N3CCC(N)[C@H](C)C3)c3c(n2)[nH]c2ccc(Cl)cc23)cn1. The molecule has 3 atom stereocenters. The molecule has 166 valence electrons. The summed E-state index contributed by atoms with van der Waals surface area (Å²) in [6.45, 7) is 5.33. The van der Waals surface area contributed by atoms with E-state index >= 15 is 0 Å². The predicted octanol–water partition coefficient (Wildman–Crippen LogP) is 3.57. The second kappa shape index (κ2) is 8.16. The Hall–Kier alpha value is -3.01. The number of aromatic amines is 1. The first-order chi connectivity index (χ1) is 15.4. The summed E-state index contributed by atoms with van der Waals surface area (Å²) in [7, 11) is 0. The van der Waals surface area contributed by atoms with Crippen LogP contribution >= 0.6 is 11.6 Å². The molecule has 0 radical (unpaired) electrons. The van der Waals surface area contributed by atoms with E-state index in [-0.39, 0.29) is 12.1 Å². The van der Waals surface area contributed by atoms with Crippen molar-refractivity contribution in [1.82, 2.24) is 24.9 Å². The molecule has 1 aromatic carbocycles. The van der Waals surface area contributed by atoms with Gasteiger partial charge in [0.1, 0.15) is 17.6 Å². The maximum atomic E-state index is 9.61. The van der Waals surface area contributed by atoms with Gasteiger partial charge >= 0.3 is 6.01 Å². The number of hydrogen-bond donors (Lipinski definition) is 3. The molecule has 4 N–H and O–H groups in total. The van der Waals surface area contributed by atoms with Crippen molar-refractivity contribution in [3.63, 3.8) is 0 Å². The number of fused-ring (bicyclic) bond motifs is 3. The number of hydrogen-bond acceptors (Lipinski definition) is 8. The summed E-state index contributed by atoms with van der Waals surface area (Å²) in [5.41, 5.74) is 7.83. The van der Waals surface area contributed by atoms with Gasteiger partial charge in [-0.15, -0.1) is 0 Å². The Morgan fingerprint density at radius 2 is 2.06 bits per heavy atom. The van der Waals surface area contributed by atoms with Crippen LogP contribution in [0.5, 0.6) is 11.8 Å². The third-order valence-corrected chi connectivity index (χ3v) is 6.11. The Morgan fingerprint density at radius 3 is 2.78 bits per heavy atom. The van der Waals surface area contributed by atoms with Crippen LogP contribution in [-0.4, -0.2) is 49.2 Å². The molecule has 1 aliphatic heterocycles. The summed E-state index contributed by atoms with van der Waals surface area (Å²) in [6, 6.07) is 6.04. The summed E-state index contributed by atoms with van der Waals surface area (Å²) < 4.78 is 5.89. The van der Waals surface area contributed by atoms with Crippen molar-refractivity contribution in [2.24, 2.45) is 11.7 Å². The van der Waals surface area contributed by atoms with Crippen LogP contribution in [0, 0.1) is 5.92 Å². The van der Waals surface area contributed by atoms with E-state index in [1.54, 1.807) is 6.92 Å². The largest absolute Gasteiger partial charge is 0.421 e. The fourth-order valence-corrected chi connectivity index (χ4v) is 4.23. The number of piperidine rings is 1. The minimum atomic E-state index is -0.756. The van der Waals surface area contributed by atoms with Crippen LogP contribution in [0.3, 0.4) is 0 Å². The van der Waals surface area contributed by atoms with Gasteiger partial charge in [-0.25, -0.2) is 9.97 Å². The number of rotatable bonds is 4. The van der Waals surface area contributed by atoms with E-state index in [2.05, 4.69) is 31.8 Å². The number of nitrogens with one attached hydrogen (secondary N) is 1. The highest BCUT2D eigenvalue weighted by Crippen LogP contribution is 2.36. The summed E-state index contributed by atoms with van der Waals surface area (Å²) >= 11 is 6.29. The third kappa shape index (κ3) is 3.83. The molecule has 2 unspecified atom stereocenters. The second-order valence-corrected chi connectivity index (χ2v) is 8.74. The average molecular weight is 454 g/mol. The minimum absolute atomic E-state index is 0.168.